The number of sulfonamides is 1. The third kappa shape index (κ3) is 7.15. The lowest BCUT2D eigenvalue weighted by Crippen LogP contribution is -2.30. The number of amides is 1. The zero-order valence-corrected chi connectivity index (χ0v) is 12.3. The van der Waals surface area contributed by atoms with Crippen LogP contribution in [0.15, 0.2) is 0 Å². The van der Waals surface area contributed by atoms with Crippen LogP contribution in [0.2, 0.25) is 0 Å². The van der Waals surface area contributed by atoms with Gasteiger partial charge in [-0.3, -0.25) is 4.79 Å². The van der Waals surface area contributed by atoms with Crippen LogP contribution < -0.4 is 10.9 Å². The third-order valence-electron chi connectivity index (χ3n) is 2.90. The maximum absolute atomic E-state index is 11.7. The number of nitrogens with zero attached hydrogens (tertiary/aromatic N) is 1. The van der Waals surface area contributed by atoms with Crippen molar-refractivity contribution in [2.45, 2.75) is 6.42 Å². The van der Waals surface area contributed by atoms with Gasteiger partial charge in [0.05, 0.1) is 32.2 Å². The molecule has 118 valence electrons. The van der Waals surface area contributed by atoms with E-state index in [1.54, 1.807) is 4.90 Å². The molecule has 4 N–H and O–H groups in total. The van der Waals surface area contributed by atoms with E-state index in [0.29, 0.717) is 46.1 Å². The second-order valence-electron chi connectivity index (χ2n) is 4.75. The molecule has 1 saturated heterocycles. The molecule has 0 aromatic carbocycles. The highest BCUT2D eigenvalue weighted by Gasteiger charge is 2.31. The van der Waals surface area contributed by atoms with E-state index in [-0.39, 0.29) is 24.0 Å². The topological polar surface area (TPSA) is 125 Å². The lowest BCUT2D eigenvalue weighted by molar-refractivity contribution is -0.128. The fraction of sp³-hybridized carbons (Fsp3) is 0.909. The van der Waals surface area contributed by atoms with Gasteiger partial charge in [0.15, 0.2) is 0 Å². The van der Waals surface area contributed by atoms with Gasteiger partial charge in [-0.15, -0.1) is 0 Å². The molecule has 20 heavy (non-hydrogen) atoms. The van der Waals surface area contributed by atoms with Gasteiger partial charge in [-0.2, -0.15) is 0 Å². The fourth-order valence-corrected chi connectivity index (χ4v) is 2.97. The Morgan fingerprint density at radius 3 is 2.45 bits per heavy atom. The molecule has 1 amide bonds. The molecule has 1 unspecified atom stereocenters. The van der Waals surface area contributed by atoms with E-state index in [1.807, 2.05) is 0 Å². The minimum absolute atomic E-state index is 0.0540. The van der Waals surface area contributed by atoms with E-state index in [4.69, 9.17) is 20.3 Å². The summed E-state index contributed by atoms with van der Waals surface area (Å²) in [5, 5.41) is 4.98. The molecule has 1 heterocycles. The summed E-state index contributed by atoms with van der Waals surface area (Å²) >= 11 is 0. The van der Waals surface area contributed by atoms with Gasteiger partial charge in [0.2, 0.25) is 15.9 Å². The summed E-state index contributed by atoms with van der Waals surface area (Å²) in [6.45, 7) is 3.18. The van der Waals surface area contributed by atoms with Crippen LogP contribution in [0.1, 0.15) is 6.42 Å². The molecular formula is C11H23N3O5S. The number of likely N-dealkylation sites (tertiary alicyclic amines) is 1. The van der Waals surface area contributed by atoms with Gasteiger partial charge in [-0.25, -0.2) is 13.6 Å². The monoisotopic (exact) mass is 309 g/mol. The second-order valence-corrected chi connectivity index (χ2v) is 6.41. The lowest BCUT2D eigenvalue weighted by Gasteiger charge is -2.16. The van der Waals surface area contributed by atoms with Gasteiger partial charge >= 0.3 is 0 Å². The van der Waals surface area contributed by atoms with Gasteiger partial charge in [-0.05, 0) is 0 Å². The molecular weight excluding hydrogens is 286 g/mol. The van der Waals surface area contributed by atoms with Crippen LogP contribution in [-0.4, -0.2) is 71.0 Å². The van der Waals surface area contributed by atoms with Crippen LogP contribution >= 0.6 is 0 Å². The third-order valence-corrected chi connectivity index (χ3v) is 3.84. The van der Waals surface area contributed by atoms with E-state index in [9.17, 15) is 13.2 Å². The van der Waals surface area contributed by atoms with Crippen molar-refractivity contribution < 1.29 is 22.7 Å². The number of carbonyl (C=O) groups excluding carboxylic acids is 1. The Balaban J connectivity index is 2.14. The fourth-order valence-electron chi connectivity index (χ4n) is 2.09. The van der Waals surface area contributed by atoms with Crippen molar-refractivity contribution in [1.82, 2.24) is 4.90 Å². The van der Waals surface area contributed by atoms with Crippen molar-refractivity contribution in [1.29, 1.82) is 0 Å². The maximum Gasteiger partial charge on any atom is 0.223 e. The van der Waals surface area contributed by atoms with Gasteiger partial charge in [0.25, 0.3) is 0 Å². The molecule has 0 aromatic rings. The molecule has 1 fully saturated rings. The van der Waals surface area contributed by atoms with Gasteiger partial charge in [-0.1, -0.05) is 0 Å². The SMILES string of the molecule is NCCOCCOCCN1CC(CS(N)(=O)=O)CC1=O. The van der Waals surface area contributed by atoms with Crippen molar-refractivity contribution >= 4 is 15.9 Å². The number of carbonyl (C=O) groups is 1. The molecule has 0 aliphatic carbocycles. The smallest absolute Gasteiger partial charge is 0.223 e. The predicted molar refractivity (Wildman–Crippen MR) is 73.4 cm³/mol. The predicted octanol–water partition coefficient (Wildman–Crippen LogP) is -1.88. The van der Waals surface area contributed by atoms with E-state index in [1.165, 1.54) is 0 Å². The van der Waals surface area contributed by atoms with Gasteiger partial charge in [0, 0.05) is 32.0 Å². The Bertz CT molecular complexity index is 401. The molecule has 1 rings (SSSR count). The molecule has 1 atom stereocenters. The van der Waals surface area contributed by atoms with Crippen LogP contribution in [0.3, 0.4) is 0 Å². The first-order valence-corrected chi connectivity index (χ1v) is 8.27. The Morgan fingerprint density at radius 2 is 1.85 bits per heavy atom. The summed E-state index contributed by atoms with van der Waals surface area (Å²) in [4.78, 5) is 13.3. The summed E-state index contributed by atoms with van der Waals surface area (Å²) in [5.41, 5.74) is 5.26. The summed E-state index contributed by atoms with van der Waals surface area (Å²) in [5.74, 6) is -0.421. The number of hydrogen-bond acceptors (Lipinski definition) is 6. The molecule has 9 heteroatoms. The van der Waals surface area contributed by atoms with Gasteiger partial charge in [0.1, 0.15) is 0 Å². The van der Waals surface area contributed by atoms with Crippen LogP contribution in [0.25, 0.3) is 0 Å². The van der Waals surface area contributed by atoms with E-state index < -0.39 is 10.0 Å². The van der Waals surface area contributed by atoms with Crippen LogP contribution in [0, 0.1) is 5.92 Å². The normalized spacial score (nSPS) is 19.8. The summed E-state index contributed by atoms with van der Waals surface area (Å²) in [6, 6.07) is 0. The van der Waals surface area contributed by atoms with Crippen molar-refractivity contribution in [3.05, 3.63) is 0 Å². The molecule has 0 saturated carbocycles. The number of rotatable bonds is 10. The second kappa shape index (κ2) is 8.53. The van der Waals surface area contributed by atoms with E-state index >= 15 is 0 Å². The number of hydrogen-bond donors (Lipinski definition) is 2. The molecule has 1 aliphatic rings. The Labute approximate surface area is 119 Å². The Morgan fingerprint density at radius 1 is 1.20 bits per heavy atom. The standard InChI is InChI=1S/C11H23N3O5S/c12-1-3-18-5-6-19-4-2-14-8-10(7-11(14)15)9-20(13,16)17/h10H,1-9,12H2,(H2,13,16,17). The number of primary sulfonamides is 1. The minimum atomic E-state index is -3.53. The summed E-state index contributed by atoms with van der Waals surface area (Å²) in [6.07, 6.45) is 0.232. The van der Waals surface area contributed by atoms with Crippen molar-refractivity contribution in [2.24, 2.45) is 16.8 Å². The Hall–Kier alpha value is -0.740. The quantitative estimate of drug-likeness (QED) is 0.455. The summed E-state index contributed by atoms with van der Waals surface area (Å²) < 4.78 is 32.4. The highest BCUT2D eigenvalue weighted by atomic mass is 32.2. The van der Waals surface area contributed by atoms with Crippen LogP contribution in [-0.2, 0) is 24.3 Å². The van der Waals surface area contributed by atoms with Crippen molar-refractivity contribution in [3.8, 4) is 0 Å². The number of nitrogens with two attached hydrogens (primary N) is 2. The molecule has 1 aliphatic heterocycles. The average molecular weight is 309 g/mol. The minimum Gasteiger partial charge on any atom is -0.378 e. The summed E-state index contributed by atoms with van der Waals surface area (Å²) in [7, 11) is -3.53. The molecule has 8 nitrogen and oxygen atoms in total. The lowest BCUT2D eigenvalue weighted by atomic mass is 10.1. The number of ether oxygens (including phenoxy) is 2. The maximum atomic E-state index is 11.7. The molecule has 0 bridgehead atoms. The zero-order chi connectivity index (χ0) is 15.0. The molecule has 0 aromatic heterocycles. The largest absolute Gasteiger partial charge is 0.378 e. The van der Waals surface area contributed by atoms with Crippen molar-refractivity contribution in [2.75, 3.05) is 51.8 Å². The average Bonchev–Trinajstić information content (AvgIpc) is 2.66. The van der Waals surface area contributed by atoms with Gasteiger partial charge < -0.3 is 20.1 Å². The first-order valence-electron chi connectivity index (χ1n) is 6.56. The zero-order valence-electron chi connectivity index (χ0n) is 11.5. The van der Waals surface area contributed by atoms with E-state index in [2.05, 4.69) is 0 Å². The Kier molecular flexibility index (Phi) is 7.38. The highest BCUT2D eigenvalue weighted by molar-refractivity contribution is 7.89. The van der Waals surface area contributed by atoms with E-state index in [0.717, 1.165) is 0 Å². The molecule has 0 radical (unpaired) electrons. The first-order chi connectivity index (χ1) is 9.42. The highest BCUT2D eigenvalue weighted by Crippen LogP contribution is 2.18. The molecule has 0 spiro atoms. The first kappa shape index (κ1) is 17.3. The van der Waals surface area contributed by atoms with Crippen molar-refractivity contribution in [3.63, 3.8) is 0 Å². The van der Waals surface area contributed by atoms with Crippen LogP contribution in [0.4, 0.5) is 0 Å². The van der Waals surface area contributed by atoms with Crippen LogP contribution in [0.5, 0.6) is 0 Å².